The van der Waals surface area contributed by atoms with Crippen LogP contribution >= 0.6 is 0 Å². The molecular weight excluding hydrogens is 267 g/mol. The molecule has 0 aliphatic carbocycles. The van der Waals surface area contributed by atoms with E-state index in [-0.39, 0.29) is 11.0 Å². The molecule has 0 fully saturated rings. The fourth-order valence-electron chi connectivity index (χ4n) is 2.40. The molecule has 116 valence electrons. The number of halogens is 3. The number of hydrogen-bond acceptors (Lipinski definition) is 2. The maximum Gasteiger partial charge on any atom is 0.450 e. The number of nitrogens with zero attached hydrogens (tertiary/aromatic N) is 1. The van der Waals surface area contributed by atoms with Gasteiger partial charge in [-0.3, -0.25) is 4.79 Å². The Bertz CT molecular complexity index is 402. The minimum absolute atomic E-state index is 0.0856. The Hall–Kier alpha value is -1.00. The molecule has 1 aliphatic rings. The molecule has 20 heavy (non-hydrogen) atoms. The molecular formula is C15H24F3NO. The van der Waals surface area contributed by atoms with Crippen LogP contribution in [0.4, 0.5) is 13.2 Å². The SMILES string of the molecule is CC1(C)CCN(C(C)(C)C)C=C(CC(=O)C(F)(F)F)C1. The lowest BCUT2D eigenvalue weighted by Crippen LogP contribution is -2.38. The van der Waals surface area contributed by atoms with E-state index in [4.69, 9.17) is 0 Å². The summed E-state index contributed by atoms with van der Waals surface area (Å²) in [7, 11) is 0. The maximum atomic E-state index is 12.4. The molecule has 0 atom stereocenters. The molecule has 5 heteroatoms. The van der Waals surface area contributed by atoms with Crippen LogP contribution in [0.2, 0.25) is 0 Å². The van der Waals surface area contributed by atoms with E-state index in [9.17, 15) is 18.0 Å². The standard InChI is InChI=1S/C15H24F3NO/c1-13(2,3)19-7-6-14(4,5)9-11(10-19)8-12(20)15(16,17)18/h10H,6-9H2,1-5H3. The Kier molecular flexibility index (Phi) is 4.62. The van der Waals surface area contributed by atoms with Crippen molar-refractivity contribution in [3.05, 3.63) is 11.8 Å². The summed E-state index contributed by atoms with van der Waals surface area (Å²) >= 11 is 0. The highest BCUT2D eigenvalue weighted by Crippen LogP contribution is 2.36. The first-order valence-corrected chi connectivity index (χ1v) is 6.88. The van der Waals surface area contributed by atoms with Crippen LogP contribution in [0.3, 0.4) is 0 Å². The fraction of sp³-hybridized carbons (Fsp3) is 0.800. The third-order valence-electron chi connectivity index (χ3n) is 3.64. The topological polar surface area (TPSA) is 20.3 Å². The van der Waals surface area contributed by atoms with Gasteiger partial charge in [-0.25, -0.2) is 0 Å². The highest BCUT2D eigenvalue weighted by Gasteiger charge is 2.39. The van der Waals surface area contributed by atoms with Crippen molar-refractivity contribution in [3.8, 4) is 0 Å². The number of hydrogen-bond donors (Lipinski definition) is 0. The summed E-state index contributed by atoms with van der Waals surface area (Å²) in [5, 5.41) is 0. The molecule has 0 aromatic carbocycles. The second-order valence-electron chi connectivity index (χ2n) is 7.34. The van der Waals surface area contributed by atoms with Crippen LogP contribution in [0.15, 0.2) is 11.8 Å². The molecule has 2 nitrogen and oxygen atoms in total. The van der Waals surface area contributed by atoms with Gasteiger partial charge in [0.15, 0.2) is 0 Å². The minimum atomic E-state index is -4.75. The fourth-order valence-corrected chi connectivity index (χ4v) is 2.40. The first-order chi connectivity index (χ1) is 8.81. The van der Waals surface area contributed by atoms with Crippen molar-refractivity contribution in [2.24, 2.45) is 5.41 Å². The summed E-state index contributed by atoms with van der Waals surface area (Å²) in [5.74, 6) is -1.66. The monoisotopic (exact) mass is 291 g/mol. The van der Waals surface area contributed by atoms with E-state index in [1.165, 1.54) is 0 Å². The lowest BCUT2D eigenvalue weighted by molar-refractivity contribution is -0.170. The normalized spacial score (nSPS) is 20.4. The van der Waals surface area contributed by atoms with Crippen LogP contribution < -0.4 is 0 Å². The maximum absolute atomic E-state index is 12.4. The molecule has 0 amide bonds. The van der Waals surface area contributed by atoms with Gasteiger partial charge in [-0.05, 0) is 50.8 Å². The van der Waals surface area contributed by atoms with Gasteiger partial charge in [-0.1, -0.05) is 13.8 Å². The molecule has 0 N–H and O–H groups in total. The molecule has 0 saturated heterocycles. The zero-order valence-corrected chi connectivity index (χ0v) is 12.9. The molecule has 1 rings (SSSR count). The van der Waals surface area contributed by atoms with Crippen LogP contribution in [-0.4, -0.2) is 28.9 Å². The predicted molar refractivity (Wildman–Crippen MR) is 73.2 cm³/mol. The van der Waals surface area contributed by atoms with E-state index in [0.717, 1.165) is 13.0 Å². The summed E-state index contributed by atoms with van der Waals surface area (Å²) in [6.45, 7) is 10.9. The van der Waals surface area contributed by atoms with E-state index in [1.54, 1.807) is 6.20 Å². The molecule has 0 aromatic rings. The van der Waals surface area contributed by atoms with Crippen molar-refractivity contribution in [1.82, 2.24) is 4.90 Å². The number of carbonyl (C=O) groups is 1. The molecule has 0 radical (unpaired) electrons. The second kappa shape index (κ2) is 5.41. The van der Waals surface area contributed by atoms with Gasteiger partial charge >= 0.3 is 6.18 Å². The van der Waals surface area contributed by atoms with Crippen LogP contribution in [-0.2, 0) is 4.79 Å². The van der Waals surface area contributed by atoms with Gasteiger partial charge in [0.25, 0.3) is 0 Å². The van der Waals surface area contributed by atoms with E-state index in [1.807, 2.05) is 39.5 Å². The van der Waals surface area contributed by atoms with Gasteiger partial charge in [0.05, 0.1) is 0 Å². The Balaban J connectivity index is 2.98. The van der Waals surface area contributed by atoms with E-state index in [0.29, 0.717) is 12.0 Å². The largest absolute Gasteiger partial charge is 0.450 e. The molecule has 0 bridgehead atoms. The van der Waals surface area contributed by atoms with E-state index in [2.05, 4.69) is 0 Å². The summed E-state index contributed by atoms with van der Waals surface area (Å²) < 4.78 is 37.3. The first kappa shape index (κ1) is 17.1. The number of ketones is 1. The Morgan fingerprint density at radius 3 is 2.30 bits per heavy atom. The Morgan fingerprint density at radius 1 is 1.30 bits per heavy atom. The van der Waals surface area contributed by atoms with Crippen molar-refractivity contribution in [3.63, 3.8) is 0 Å². The van der Waals surface area contributed by atoms with Gasteiger partial charge in [0.1, 0.15) is 0 Å². The van der Waals surface area contributed by atoms with Crippen molar-refractivity contribution in [2.75, 3.05) is 6.54 Å². The molecule has 1 heterocycles. The average molecular weight is 291 g/mol. The summed E-state index contributed by atoms with van der Waals surface area (Å²) in [6, 6.07) is 0. The Morgan fingerprint density at radius 2 is 1.85 bits per heavy atom. The molecule has 0 spiro atoms. The van der Waals surface area contributed by atoms with Crippen molar-refractivity contribution in [1.29, 1.82) is 0 Å². The zero-order chi connectivity index (χ0) is 15.8. The van der Waals surface area contributed by atoms with Crippen molar-refractivity contribution in [2.45, 2.75) is 65.6 Å². The van der Waals surface area contributed by atoms with Gasteiger partial charge in [0.2, 0.25) is 5.78 Å². The Labute approximate surface area is 119 Å². The third kappa shape index (κ3) is 4.84. The van der Waals surface area contributed by atoms with Gasteiger partial charge < -0.3 is 4.90 Å². The van der Waals surface area contributed by atoms with Crippen LogP contribution in [0, 0.1) is 5.41 Å². The number of Topliss-reactive ketones (excluding diaryl/α,β-unsaturated/α-hetero) is 1. The number of rotatable bonds is 2. The van der Waals surface area contributed by atoms with Crippen LogP contribution in [0.25, 0.3) is 0 Å². The highest BCUT2D eigenvalue weighted by atomic mass is 19.4. The summed E-state index contributed by atoms with van der Waals surface area (Å²) in [6.07, 6.45) is -2.09. The number of alkyl halides is 3. The van der Waals surface area contributed by atoms with E-state index < -0.39 is 18.4 Å². The van der Waals surface area contributed by atoms with E-state index >= 15 is 0 Å². The smallest absolute Gasteiger partial charge is 0.373 e. The highest BCUT2D eigenvalue weighted by molar-refractivity contribution is 5.86. The van der Waals surface area contributed by atoms with Crippen molar-refractivity contribution < 1.29 is 18.0 Å². The summed E-state index contributed by atoms with van der Waals surface area (Å²) in [4.78, 5) is 13.3. The van der Waals surface area contributed by atoms with Gasteiger partial charge in [0, 0.05) is 18.5 Å². The first-order valence-electron chi connectivity index (χ1n) is 6.88. The van der Waals surface area contributed by atoms with Gasteiger partial charge in [-0.2, -0.15) is 13.2 Å². The second-order valence-corrected chi connectivity index (χ2v) is 7.34. The minimum Gasteiger partial charge on any atom is -0.373 e. The molecule has 0 aromatic heterocycles. The van der Waals surface area contributed by atoms with Gasteiger partial charge in [-0.15, -0.1) is 0 Å². The number of allylic oxidation sites excluding steroid dienone is 1. The lowest BCUT2D eigenvalue weighted by Gasteiger charge is -2.35. The molecule has 1 aliphatic heterocycles. The van der Waals surface area contributed by atoms with Crippen LogP contribution in [0.1, 0.15) is 53.9 Å². The van der Waals surface area contributed by atoms with Crippen molar-refractivity contribution >= 4 is 5.78 Å². The summed E-state index contributed by atoms with van der Waals surface area (Å²) in [5.41, 5.74) is 0.328. The third-order valence-corrected chi connectivity index (χ3v) is 3.64. The quantitative estimate of drug-likeness (QED) is 0.755. The lowest BCUT2D eigenvalue weighted by atomic mass is 9.82. The number of carbonyl (C=O) groups excluding carboxylic acids is 1. The average Bonchev–Trinajstić information content (AvgIpc) is 2.34. The molecule has 0 saturated carbocycles. The molecule has 0 unspecified atom stereocenters. The predicted octanol–water partition coefficient (Wildman–Crippen LogP) is 4.31. The zero-order valence-electron chi connectivity index (χ0n) is 12.9. The van der Waals surface area contributed by atoms with Crippen LogP contribution in [0.5, 0.6) is 0 Å².